The van der Waals surface area contributed by atoms with Gasteiger partial charge in [-0.2, -0.15) is 5.10 Å². The highest BCUT2D eigenvalue weighted by atomic mass is 35.5. The van der Waals surface area contributed by atoms with Crippen LogP contribution in [0.2, 0.25) is 5.02 Å². The lowest BCUT2D eigenvalue weighted by molar-refractivity contribution is 0.0696. The van der Waals surface area contributed by atoms with Gasteiger partial charge in [-0.3, -0.25) is 4.79 Å². The number of nitrogens with zero attached hydrogens (tertiary/aromatic N) is 6. The average Bonchev–Trinajstić information content (AvgIpc) is 3.62. The maximum atomic E-state index is 13.6. The van der Waals surface area contributed by atoms with Crippen LogP contribution in [0, 0.1) is 0 Å². The van der Waals surface area contributed by atoms with Gasteiger partial charge in [0.2, 0.25) is 0 Å². The van der Waals surface area contributed by atoms with Crippen LogP contribution in [0.3, 0.4) is 0 Å². The normalized spacial score (nSPS) is 18.3. The van der Waals surface area contributed by atoms with Crippen molar-refractivity contribution in [2.75, 3.05) is 13.1 Å². The second-order valence-corrected chi connectivity index (χ2v) is 9.74. The molecule has 0 aliphatic carbocycles. The first kappa shape index (κ1) is 22.1. The van der Waals surface area contributed by atoms with Crippen molar-refractivity contribution in [2.45, 2.75) is 51.0 Å². The predicted octanol–water partition coefficient (Wildman–Crippen LogP) is 5.12. The van der Waals surface area contributed by atoms with E-state index in [-0.39, 0.29) is 11.8 Å². The Bertz CT molecular complexity index is 1320. The van der Waals surface area contributed by atoms with Crippen LogP contribution >= 0.6 is 11.6 Å². The molecule has 2 aliphatic heterocycles. The zero-order chi connectivity index (χ0) is 23.8. The third-order valence-corrected chi connectivity index (χ3v) is 7.24. The van der Waals surface area contributed by atoms with Gasteiger partial charge in [0.1, 0.15) is 17.3 Å². The van der Waals surface area contributed by atoms with Gasteiger partial charge < -0.3 is 13.9 Å². The minimum Gasteiger partial charge on any atom is -0.463 e. The van der Waals surface area contributed by atoms with Gasteiger partial charge in [-0.25, -0.2) is 4.68 Å². The third kappa shape index (κ3) is 4.27. The molecule has 35 heavy (non-hydrogen) atoms. The van der Waals surface area contributed by atoms with Gasteiger partial charge in [0.25, 0.3) is 5.91 Å². The van der Waals surface area contributed by atoms with Crippen LogP contribution in [0.15, 0.2) is 53.1 Å². The molecule has 1 unspecified atom stereocenters. The van der Waals surface area contributed by atoms with Crippen LogP contribution in [0.4, 0.5) is 0 Å². The highest BCUT2D eigenvalue weighted by Gasteiger charge is 2.31. The Morgan fingerprint density at radius 1 is 1.03 bits per heavy atom. The summed E-state index contributed by atoms with van der Waals surface area (Å²) < 4.78 is 9.68. The molecule has 2 aliphatic rings. The first-order valence-electron chi connectivity index (χ1n) is 12.3. The Morgan fingerprint density at radius 3 is 2.74 bits per heavy atom. The zero-order valence-electron chi connectivity index (χ0n) is 19.4. The molecule has 1 fully saturated rings. The third-order valence-electron chi connectivity index (χ3n) is 6.99. The van der Waals surface area contributed by atoms with Gasteiger partial charge in [0.15, 0.2) is 11.5 Å². The van der Waals surface area contributed by atoms with E-state index in [0.717, 1.165) is 55.3 Å². The van der Waals surface area contributed by atoms with E-state index in [4.69, 9.17) is 21.1 Å². The Kier molecular flexibility index (Phi) is 5.90. The molecular weight excluding hydrogens is 464 g/mol. The second kappa shape index (κ2) is 9.34. The lowest BCUT2D eigenvalue weighted by Crippen LogP contribution is -2.40. The van der Waals surface area contributed by atoms with Gasteiger partial charge in [0.05, 0.1) is 12.0 Å². The molecule has 1 atom stereocenters. The van der Waals surface area contributed by atoms with E-state index in [1.54, 1.807) is 10.9 Å². The van der Waals surface area contributed by atoms with E-state index >= 15 is 0 Å². The summed E-state index contributed by atoms with van der Waals surface area (Å²) in [4.78, 5) is 15.5. The first-order valence-corrected chi connectivity index (χ1v) is 12.7. The molecule has 1 aromatic carbocycles. The standard InChI is InChI=1S/C26H27ClN6O2/c27-19-9-11-20(12-10-19)33-22(23-7-5-15-35-23)16-21(30-33)26(34)31-13-4-6-18(17-31)25-29-28-24-8-2-1-3-14-32(24)25/h5,7,9-12,15-16,18H,1-4,6,8,13-14,17H2. The molecule has 1 amide bonds. The van der Waals surface area contributed by atoms with Crippen molar-refractivity contribution in [1.29, 1.82) is 0 Å². The largest absolute Gasteiger partial charge is 0.463 e. The van der Waals surface area contributed by atoms with Gasteiger partial charge >= 0.3 is 0 Å². The van der Waals surface area contributed by atoms with E-state index in [0.29, 0.717) is 29.6 Å². The molecule has 3 aromatic heterocycles. The van der Waals surface area contributed by atoms with E-state index in [2.05, 4.69) is 14.8 Å². The number of rotatable bonds is 4. The Morgan fingerprint density at radius 2 is 1.91 bits per heavy atom. The molecule has 180 valence electrons. The molecular formula is C26H27ClN6O2. The second-order valence-electron chi connectivity index (χ2n) is 9.31. The molecule has 0 N–H and O–H groups in total. The number of aryl methyl sites for hydroxylation is 1. The average molecular weight is 491 g/mol. The van der Waals surface area contributed by atoms with Crippen LogP contribution in [0.25, 0.3) is 17.1 Å². The Hall–Kier alpha value is -3.39. The fourth-order valence-corrected chi connectivity index (χ4v) is 5.33. The fourth-order valence-electron chi connectivity index (χ4n) is 5.21. The molecule has 0 spiro atoms. The van der Waals surface area contributed by atoms with Crippen LogP contribution in [-0.4, -0.2) is 48.4 Å². The lowest BCUT2D eigenvalue weighted by Gasteiger charge is -2.32. The number of hydrogen-bond acceptors (Lipinski definition) is 5. The number of hydrogen-bond donors (Lipinski definition) is 0. The predicted molar refractivity (Wildman–Crippen MR) is 132 cm³/mol. The number of likely N-dealkylation sites (tertiary alicyclic amines) is 1. The molecule has 4 aromatic rings. The van der Waals surface area contributed by atoms with Crippen LogP contribution in [0.5, 0.6) is 0 Å². The summed E-state index contributed by atoms with van der Waals surface area (Å²) in [5, 5.41) is 14.4. The van der Waals surface area contributed by atoms with Gasteiger partial charge in [-0.05, 0) is 62.1 Å². The summed E-state index contributed by atoms with van der Waals surface area (Å²) in [6, 6.07) is 12.9. The molecule has 9 heteroatoms. The van der Waals surface area contributed by atoms with Crippen LogP contribution in [-0.2, 0) is 13.0 Å². The summed E-state index contributed by atoms with van der Waals surface area (Å²) >= 11 is 6.08. The summed E-state index contributed by atoms with van der Waals surface area (Å²) in [7, 11) is 0. The number of carbonyl (C=O) groups is 1. The van der Waals surface area contributed by atoms with Crippen LogP contribution in [0.1, 0.15) is 60.2 Å². The molecule has 5 heterocycles. The zero-order valence-corrected chi connectivity index (χ0v) is 20.2. The monoisotopic (exact) mass is 490 g/mol. The first-order chi connectivity index (χ1) is 17.2. The van der Waals surface area contributed by atoms with Crippen molar-refractivity contribution in [2.24, 2.45) is 0 Å². The maximum Gasteiger partial charge on any atom is 0.274 e. The summed E-state index contributed by atoms with van der Waals surface area (Å²) in [5.41, 5.74) is 1.92. The highest BCUT2D eigenvalue weighted by molar-refractivity contribution is 6.30. The number of fused-ring (bicyclic) bond motifs is 1. The number of benzene rings is 1. The fraction of sp³-hybridized carbons (Fsp3) is 0.385. The number of piperidine rings is 1. The summed E-state index contributed by atoms with van der Waals surface area (Å²) in [5.74, 6) is 2.88. The maximum absolute atomic E-state index is 13.6. The number of amides is 1. The van der Waals surface area contributed by atoms with Crippen molar-refractivity contribution in [3.05, 3.63) is 71.1 Å². The minimum absolute atomic E-state index is 0.0779. The Labute approximate surface area is 208 Å². The topological polar surface area (TPSA) is 82.0 Å². The lowest BCUT2D eigenvalue weighted by atomic mass is 9.96. The highest BCUT2D eigenvalue weighted by Crippen LogP contribution is 2.30. The quantitative estimate of drug-likeness (QED) is 0.396. The smallest absolute Gasteiger partial charge is 0.274 e. The van der Waals surface area contributed by atoms with E-state index in [1.807, 2.05) is 47.4 Å². The molecule has 8 nitrogen and oxygen atoms in total. The molecule has 0 radical (unpaired) electrons. The number of carbonyl (C=O) groups excluding carboxylic acids is 1. The van der Waals surface area contributed by atoms with Crippen molar-refractivity contribution in [1.82, 2.24) is 29.4 Å². The van der Waals surface area contributed by atoms with Crippen molar-refractivity contribution >= 4 is 17.5 Å². The number of halogens is 1. The van der Waals surface area contributed by atoms with Crippen LogP contribution < -0.4 is 0 Å². The van der Waals surface area contributed by atoms with Gasteiger partial charge in [-0.15, -0.1) is 10.2 Å². The van der Waals surface area contributed by atoms with E-state index < -0.39 is 0 Å². The molecule has 0 bridgehead atoms. The van der Waals surface area contributed by atoms with Crippen molar-refractivity contribution in [3.63, 3.8) is 0 Å². The number of aromatic nitrogens is 5. The molecule has 1 saturated heterocycles. The Balaban J connectivity index is 1.29. The van der Waals surface area contributed by atoms with Crippen molar-refractivity contribution in [3.8, 4) is 17.1 Å². The van der Waals surface area contributed by atoms with E-state index in [1.165, 1.54) is 12.8 Å². The SMILES string of the molecule is O=C(c1cc(-c2ccco2)n(-c2ccc(Cl)cc2)n1)N1CCCC(c2nnc3n2CCCCC3)C1. The van der Waals surface area contributed by atoms with Gasteiger partial charge in [0, 0.05) is 43.1 Å². The van der Waals surface area contributed by atoms with E-state index in [9.17, 15) is 4.79 Å². The minimum atomic E-state index is -0.0779. The summed E-state index contributed by atoms with van der Waals surface area (Å²) in [6.45, 7) is 2.31. The molecule has 0 saturated carbocycles. The molecule has 6 rings (SSSR count). The summed E-state index contributed by atoms with van der Waals surface area (Å²) in [6.07, 6.45) is 8.10. The van der Waals surface area contributed by atoms with Crippen molar-refractivity contribution < 1.29 is 9.21 Å². The number of furan rings is 1. The van der Waals surface area contributed by atoms with Gasteiger partial charge in [-0.1, -0.05) is 18.0 Å².